The summed E-state index contributed by atoms with van der Waals surface area (Å²) in [4.78, 5) is 22.6. The van der Waals surface area contributed by atoms with Crippen molar-refractivity contribution in [1.82, 2.24) is 20.2 Å². The van der Waals surface area contributed by atoms with Gasteiger partial charge in [-0.15, -0.1) is 5.10 Å². The molecule has 0 aliphatic heterocycles. The van der Waals surface area contributed by atoms with Gasteiger partial charge in [0.15, 0.2) is 0 Å². The largest absolute Gasteiger partial charge is 0.495 e. The van der Waals surface area contributed by atoms with Gasteiger partial charge in [-0.2, -0.15) is 4.68 Å². The summed E-state index contributed by atoms with van der Waals surface area (Å²) in [6.45, 7) is 0. The van der Waals surface area contributed by atoms with Crippen molar-refractivity contribution in [2.45, 2.75) is 5.16 Å². The summed E-state index contributed by atoms with van der Waals surface area (Å²) in [5, 5.41) is 25.4. The van der Waals surface area contributed by atoms with Gasteiger partial charge >= 0.3 is 0 Å². The van der Waals surface area contributed by atoms with Crippen molar-refractivity contribution in [2.24, 2.45) is 0 Å². The van der Waals surface area contributed by atoms with E-state index in [1.807, 2.05) is 30.3 Å². The van der Waals surface area contributed by atoms with Crippen molar-refractivity contribution < 1.29 is 14.5 Å². The van der Waals surface area contributed by atoms with E-state index in [9.17, 15) is 14.9 Å². The zero-order valence-electron chi connectivity index (χ0n) is 14.1. The first kappa shape index (κ1) is 18.3. The Balaban J connectivity index is 1.69. The predicted molar refractivity (Wildman–Crippen MR) is 98.2 cm³/mol. The number of hydrogen-bond acceptors (Lipinski definition) is 8. The molecule has 27 heavy (non-hydrogen) atoms. The average Bonchev–Trinajstić information content (AvgIpc) is 3.15. The number of methoxy groups -OCH3 is 1. The molecule has 0 fully saturated rings. The molecule has 11 heteroatoms. The second-order valence-electron chi connectivity index (χ2n) is 5.19. The molecule has 0 aliphatic rings. The number of carbonyl (C=O) groups excluding carboxylic acids is 1. The first-order valence-electron chi connectivity index (χ1n) is 7.67. The molecular weight excluding hydrogens is 372 g/mol. The van der Waals surface area contributed by atoms with Gasteiger partial charge in [0, 0.05) is 12.1 Å². The Bertz CT molecular complexity index is 963. The van der Waals surface area contributed by atoms with Crippen LogP contribution < -0.4 is 10.1 Å². The molecular formula is C16H14N6O4S. The van der Waals surface area contributed by atoms with E-state index in [0.717, 1.165) is 17.4 Å². The SMILES string of the molecule is COc1ccc([N+](=O)[O-])cc1NC(=O)CSc1nnnn1-c1ccccc1. The molecule has 1 amide bonds. The number of para-hydroxylation sites is 1. The Hall–Kier alpha value is -3.47. The second kappa shape index (κ2) is 8.27. The number of nitro groups is 1. The minimum absolute atomic E-state index is 0.0129. The smallest absolute Gasteiger partial charge is 0.271 e. The number of nitro benzene ring substituents is 1. The number of ether oxygens (including phenoxy) is 1. The van der Waals surface area contributed by atoms with Crippen molar-refractivity contribution in [3.63, 3.8) is 0 Å². The molecule has 0 aliphatic carbocycles. The Labute approximate surface area is 157 Å². The molecule has 0 bridgehead atoms. The Morgan fingerprint density at radius 1 is 1.30 bits per heavy atom. The summed E-state index contributed by atoms with van der Waals surface area (Å²) in [5.41, 5.74) is 0.845. The molecule has 1 N–H and O–H groups in total. The third-order valence-electron chi connectivity index (χ3n) is 3.44. The summed E-state index contributed by atoms with van der Waals surface area (Å²) in [7, 11) is 1.42. The normalized spacial score (nSPS) is 10.4. The lowest BCUT2D eigenvalue weighted by atomic mass is 10.2. The third-order valence-corrected chi connectivity index (χ3v) is 4.36. The fourth-order valence-corrected chi connectivity index (χ4v) is 2.91. The van der Waals surface area contributed by atoms with Crippen LogP contribution in [0.25, 0.3) is 5.69 Å². The van der Waals surface area contributed by atoms with Crippen LogP contribution in [0.5, 0.6) is 5.75 Å². The van der Waals surface area contributed by atoms with Crippen molar-refractivity contribution in [3.05, 3.63) is 58.6 Å². The number of anilines is 1. The molecule has 1 heterocycles. The number of thioether (sulfide) groups is 1. The quantitative estimate of drug-likeness (QED) is 0.372. The van der Waals surface area contributed by atoms with Crippen LogP contribution in [0.2, 0.25) is 0 Å². The number of hydrogen-bond donors (Lipinski definition) is 1. The van der Waals surface area contributed by atoms with Gasteiger partial charge in [0.1, 0.15) is 5.75 Å². The number of tetrazole rings is 1. The van der Waals surface area contributed by atoms with Crippen LogP contribution in [-0.4, -0.2) is 43.9 Å². The van der Waals surface area contributed by atoms with E-state index in [1.165, 1.54) is 30.0 Å². The highest BCUT2D eigenvalue weighted by molar-refractivity contribution is 7.99. The first-order chi connectivity index (χ1) is 13.1. The molecule has 1 aromatic heterocycles. The van der Waals surface area contributed by atoms with Gasteiger partial charge in [-0.3, -0.25) is 14.9 Å². The number of carbonyl (C=O) groups is 1. The molecule has 3 aromatic rings. The number of aromatic nitrogens is 4. The Kier molecular flexibility index (Phi) is 5.61. The van der Waals surface area contributed by atoms with E-state index in [1.54, 1.807) is 0 Å². The van der Waals surface area contributed by atoms with Crippen LogP contribution in [0, 0.1) is 10.1 Å². The summed E-state index contributed by atoms with van der Waals surface area (Å²) in [6.07, 6.45) is 0. The predicted octanol–water partition coefficient (Wildman–Crippen LogP) is 2.31. The second-order valence-corrected chi connectivity index (χ2v) is 6.13. The minimum Gasteiger partial charge on any atom is -0.495 e. The molecule has 10 nitrogen and oxygen atoms in total. The molecule has 0 saturated carbocycles. The zero-order valence-corrected chi connectivity index (χ0v) is 14.9. The number of nitrogens with one attached hydrogen (secondary N) is 1. The van der Waals surface area contributed by atoms with E-state index in [4.69, 9.17) is 4.74 Å². The summed E-state index contributed by atoms with van der Waals surface area (Å²) in [6, 6.07) is 13.2. The van der Waals surface area contributed by atoms with E-state index < -0.39 is 4.92 Å². The maximum absolute atomic E-state index is 12.3. The lowest BCUT2D eigenvalue weighted by molar-refractivity contribution is -0.384. The molecule has 138 valence electrons. The van der Waals surface area contributed by atoms with Crippen molar-refractivity contribution in [3.8, 4) is 11.4 Å². The maximum atomic E-state index is 12.3. The fourth-order valence-electron chi connectivity index (χ4n) is 2.22. The molecule has 3 rings (SSSR count). The van der Waals surface area contributed by atoms with Crippen molar-refractivity contribution in [1.29, 1.82) is 0 Å². The summed E-state index contributed by atoms with van der Waals surface area (Å²) < 4.78 is 6.65. The average molecular weight is 386 g/mol. The van der Waals surface area contributed by atoms with Crippen LogP contribution in [0.4, 0.5) is 11.4 Å². The molecule has 2 aromatic carbocycles. The standard InChI is InChI=1S/C16H14N6O4S/c1-26-14-8-7-12(22(24)25)9-13(14)17-15(23)10-27-16-18-19-20-21(16)11-5-3-2-4-6-11/h2-9H,10H2,1H3,(H,17,23). The van der Waals surface area contributed by atoms with Gasteiger partial charge in [0.2, 0.25) is 11.1 Å². The van der Waals surface area contributed by atoms with E-state index >= 15 is 0 Å². The maximum Gasteiger partial charge on any atom is 0.271 e. The topological polar surface area (TPSA) is 125 Å². The van der Waals surface area contributed by atoms with Crippen LogP contribution in [0.15, 0.2) is 53.7 Å². The highest BCUT2D eigenvalue weighted by Gasteiger charge is 2.15. The highest BCUT2D eigenvalue weighted by atomic mass is 32.2. The lowest BCUT2D eigenvalue weighted by Crippen LogP contribution is -2.15. The molecule has 0 unspecified atom stereocenters. The van der Waals surface area contributed by atoms with Gasteiger partial charge in [-0.05, 0) is 28.6 Å². The van der Waals surface area contributed by atoms with Gasteiger partial charge < -0.3 is 10.1 Å². The number of rotatable bonds is 7. The van der Waals surface area contributed by atoms with Gasteiger partial charge in [0.25, 0.3) is 5.69 Å². The van der Waals surface area contributed by atoms with Crippen LogP contribution in [0.1, 0.15) is 0 Å². The molecule has 0 atom stereocenters. The van der Waals surface area contributed by atoms with Gasteiger partial charge in [-0.1, -0.05) is 30.0 Å². The Morgan fingerprint density at radius 3 is 2.78 bits per heavy atom. The molecule has 0 radical (unpaired) electrons. The Morgan fingerprint density at radius 2 is 2.07 bits per heavy atom. The van der Waals surface area contributed by atoms with E-state index in [-0.39, 0.29) is 23.0 Å². The van der Waals surface area contributed by atoms with Gasteiger partial charge in [0.05, 0.1) is 29.2 Å². The van der Waals surface area contributed by atoms with Crippen molar-refractivity contribution in [2.75, 3.05) is 18.2 Å². The van der Waals surface area contributed by atoms with Crippen LogP contribution in [-0.2, 0) is 4.79 Å². The number of amides is 1. The number of nitrogens with zero attached hydrogens (tertiary/aromatic N) is 5. The number of benzene rings is 2. The van der Waals surface area contributed by atoms with Crippen molar-refractivity contribution >= 4 is 29.0 Å². The third kappa shape index (κ3) is 4.39. The fraction of sp³-hybridized carbons (Fsp3) is 0.125. The van der Waals surface area contributed by atoms with Crippen LogP contribution in [0.3, 0.4) is 0 Å². The highest BCUT2D eigenvalue weighted by Crippen LogP contribution is 2.29. The molecule has 0 spiro atoms. The monoisotopic (exact) mass is 386 g/mol. The molecule has 0 saturated heterocycles. The minimum atomic E-state index is -0.544. The first-order valence-corrected chi connectivity index (χ1v) is 8.66. The van der Waals surface area contributed by atoms with Gasteiger partial charge in [-0.25, -0.2) is 0 Å². The van der Waals surface area contributed by atoms with Crippen LogP contribution >= 0.6 is 11.8 Å². The number of non-ortho nitro benzene ring substituents is 1. The van der Waals surface area contributed by atoms with E-state index in [0.29, 0.717) is 10.9 Å². The van der Waals surface area contributed by atoms with E-state index in [2.05, 4.69) is 20.8 Å². The zero-order chi connectivity index (χ0) is 19.2. The summed E-state index contributed by atoms with van der Waals surface area (Å²) in [5.74, 6) is -0.0338. The lowest BCUT2D eigenvalue weighted by Gasteiger charge is -2.09. The summed E-state index contributed by atoms with van der Waals surface area (Å²) >= 11 is 1.14.